The highest BCUT2D eigenvalue weighted by Gasteiger charge is 2.11. The standard InChI is InChI=1S/C20H24N2O4/c1-5-25-17-9-7-6-8-16(17)13-21-22-20(23)15-10-11-18(26-14(2)3)19(12-15)24-4/h6-14H,5H2,1-4H3,(H,22,23)/b21-13+. The molecule has 0 aliphatic carbocycles. The number of carbonyl (C=O) groups excluding carboxylic acids is 1. The van der Waals surface area contributed by atoms with E-state index in [-0.39, 0.29) is 12.0 Å². The maximum Gasteiger partial charge on any atom is 0.271 e. The van der Waals surface area contributed by atoms with Gasteiger partial charge in [0.2, 0.25) is 0 Å². The Kier molecular flexibility index (Phi) is 7.02. The monoisotopic (exact) mass is 356 g/mol. The molecule has 0 aliphatic rings. The summed E-state index contributed by atoms with van der Waals surface area (Å²) < 4.78 is 16.5. The first kappa shape index (κ1) is 19.3. The summed E-state index contributed by atoms with van der Waals surface area (Å²) in [6.07, 6.45) is 1.56. The normalized spacial score (nSPS) is 10.8. The zero-order valence-corrected chi connectivity index (χ0v) is 15.5. The lowest BCUT2D eigenvalue weighted by molar-refractivity contribution is 0.0954. The number of carbonyl (C=O) groups is 1. The Labute approximate surface area is 153 Å². The molecule has 0 unspecified atom stereocenters. The number of ether oxygens (including phenoxy) is 3. The van der Waals surface area contributed by atoms with E-state index in [0.29, 0.717) is 29.4 Å². The van der Waals surface area contributed by atoms with Crippen LogP contribution < -0.4 is 19.6 Å². The smallest absolute Gasteiger partial charge is 0.271 e. The molecule has 0 bridgehead atoms. The minimum absolute atomic E-state index is 0.0126. The molecule has 6 nitrogen and oxygen atoms in total. The van der Waals surface area contributed by atoms with Gasteiger partial charge >= 0.3 is 0 Å². The Morgan fingerprint density at radius 3 is 2.62 bits per heavy atom. The third-order valence-electron chi connectivity index (χ3n) is 3.38. The maximum absolute atomic E-state index is 12.3. The Bertz CT molecular complexity index is 772. The van der Waals surface area contributed by atoms with Crippen LogP contribution in [-0.4, -0.2) is 31.9 Å². The molecule has 6 heteroatoms. The lowest BCUT2D eigenvalue weighted by Crippen LogP contribution is -2.18. The van der Waals surface area contributed by atoms with Crippen LogP contribution in [0.15, 0.2) is 47.6 Å². The number of hydrogen-bond acceptors (Lipinski definition) is 5. The number of nitrogens with zero attached hydrogens (tertiary/aromatic N) is 1. The summed E-state index contributed by atoms with van der Waals surface area (Å²) in [5.41, 5.74) is 3.72. The predicted molar refractivity (Wildman–Crippen MR) is 101 cm³/mol. The Morgan fingerprint density at radius 2 is 1.92 bits per heavy atom. The van der Waals surface area contributed by atoms with E-state index in [4.69, 9.17) is 14.2 Å². The second kappa shape index (κ2) is 9.46. The van der Waals surface area contributed by atoms with E-state index >= 15 is 0 Å². The lowest BCUT2D eigenvalue weighted by Gasteiger charge is -2.14. The van der Waals surface area contributed by atoms with Crippen molar-refractivity contribution in [2.75, 3.05) is 13.7 Å². The zero-order chi connectivity index (χ0) is 18.9. The molecular weight excluding hydrogens is 332 g/mol. The van der Waals surface area contributed by atoms with Crippen LogP contribution in [0.5, 0.6) is 17.2 Å². The van der Waals surface area contributed by atoms with Gasteiger partial charge in [-0.3, -0.25) is 4.79 Å². The number of hydrogen-bond donors (Lipinski definition) is 1. The van der Waals surface area contributed by atoms with Crippen LogP contribution in [0.1, 0.15) is 36.7 Å². The van der Waals surface area contributed by atoms with Gasteiger partial charge < -0.3 is 14.2 Å². The van der Waals surface area contributed by atoms with Gasteiger partial charge in [0.05, 0.1) is 26.0 Å². The van der Waals surface area contributed by atoms with Gasteiger partial charge in [0.1, 0.15) is 5.75 Å². The van der Waals surface area contributed by atoms with Gasteiger partial charge in [-0.05, 0) is 51.1 Å². The molecule has 1 N–H and O–H groups in total. The van der Waals surface area contributed by atoms with E-state index in [2.05, 4.69) is 10.5 Å². The van der Waals surface area contributed by atoms with E-state index in [1.54, 1.807) is 24.4 Å². The number of amides is 1. The first-order chi connectivity index (χ1) is 12.5. The van der Waals surface area contributed by atoms with Crippen molar-refractivity contribution in [2.24, 2.45) is 5.10 Å². The molecule has 0 saturated heterocycles. The molecule has 1 amide bonds. The van der Waals surface area contributed by atoms with Crippen molar-refractivity contribution in [2.45, 2.75) is 26.9 Å². The SMILES string of the molecule is CCOc1ccccc1/C=N/NC(=O)c1ccc(OC(C)C)c(OC)c1. The quantitative estimate of drug-likeness (QED) is 0.579. The molecule has 138 valence electrons. The second-order valence-electron chi connectivity index (χ2n) is 5.70. The van der Waals surface area contributed by atoms with Gasteiger partial charge in [0.15, 0.2) is 11.5 Å². The molecule has 0 aromatic heterocycles. The highest BCUT2D eigenvalue weighted by molar-refractivity contribution is 5.95. The van der Waals surface area contributed by atoms with Crippen LogP contribution in [0.25, 0.3) is 0 Å². The largest absolute Gasteiger partial charge is 0.493 e. The van der Waals surface area contributed by atoms with Gasteiger partial charge in [0, 0.05) is 11.1 Å². The fourth-order valence-corrected chi connectivity index (χ4v) is 2.26. The van der Waals surface area contributed by atoms with E-state index in [1.807, 2.05) is 45.0 Å². The topological polar surface area (TPSA) is 69.2 Å². The molecule has 2 aromatic rings. The van der Waals surface area contributed by atoms with Crippen molar-refractivity contribution < 1.29 is 19.0 Å². The van der Waals surface area contributed by atoms with Crippen LogP contribution in [-0.2, 0) is 0 Å². The van der Waals surface area contributed by atoms with Gasteiger partial charge in [-0.2, -0.15) is 5.10 Å². The Hall–Kier alpha value is -3.02. The van der Waals surface area contributed by atoms with Gasteiger partial charge in [0.25, 0.3) is 5.91 Å². The summed E-state index contributed by atoms with van der Waals surface area (Å²) in [6.45, 7) is 6.32. The lowest BCUT2D eigenvalue weighted by atomic mass is 10.2. The van der Waals surface area contributed by atoms with Gasteiger partial charge in [-0.25, -0.2) is 5.43 Å². The summed E-state index contributed by atoms with van der Waals surface area (Å²) in [6, 6.07) is 12.5. The first-order valence-corrected chi connectivity index (χ1v) is 8.45. The molecule has 26 heavy (non-hydrogen) atoms. The Morgan fingerprint density at radius 1 is 1.15 bits per heavy atom. The average Bonchev–Trinajstić information content (AvgIpc) is 2.63. The first-order valence-electron chi connectivity index (χ1n) is 8.45. The molecule has 0 aliphatic heterocycles. The molecule has 0 heterocycles. The third-order valence-corrected chi connectivity index (χ3v) is 3.38. The molecule has 0 radical (unpaired) electrons. The highest BCUT2D eigenvalue weighted by Crippen LogP contribution is 2.28. The second-order valence-corrected chi connectivity index (χ2v) is 5.70. The number of nitrogens with one attached hydrogen (secondary N) is 1. The molecule has 0 atom stereocenters. The number of hydrazone groups is 1. The number of rotatable bonds is 8. The zero-order valence-electron chi connectivity index (χ0n) is 15.5. The minimum atomic E-state index is -0.343. The van der Waals surface area contributed by atoms with Gasteiger partial charge in [-0.15, -0.1) is 0 Å². The van der Waals surface area contributed by atoms with Crippen LogP contribution in [0.3, 0.4) is 0 Å². The van der Waals surface area contributed by atoms with Gasteiger partial charge in [-0.1, -0.05) is 12.1 Å². The van der Waals surface area contributed by atoms with Crippen molar-refractivity contribution >= 4 is 12.1 Å². The number of methoxy groups -OCH3 is 1. The van der Waals surface area contributed by atoms with Crippen LogP contribution in [0.4, 0.5) is 0 Å². The van der Waals surface area contributed by atoms with Crippen molar-refractivity contribution in [1.29, 1.82) is 0 Å². The molecule has 0 fully saturated rings. The van der Waals surface area contributed by atoms with E-state index < -0.39 is 0 Å². The van der Waals surface area contributed by atoms with Crippen LogP contribution in [0, 0.1) is 0 Å². The third kappa shape index (κ3) is 5.24. The highest BCUT2D eigenvalue weighted by atomic mass is 16.5. The number of para-hydroxylation sites is 1. The van der Waals surface area contributed by atoms with Crippen molar-refractivity contribution in [3.8, 4) is 17.2 Å². The fraction of sp³-hybridized carbons (Fsp3) is 0.300. The van der Waals surface area contributed by atoms with Crippen LogP contribution in [0.2, 0.25) is 0 Å². The average molecular weight is 356 g/mol. The van der Waals surface area contributed by atoms with E-state index in [9.17, 15) is 4.79 Å². The summed E-state index contributed by atoms with van der Waals surface area (Å²) in [4.78, 5) is 12.3. The predicted octanol–water partition coefficient (Wildman–Crippen LogP) is 3.65. The maximum atomic E-state index is 12.3. The summed E-state index contributed by atoms with van der Waals surface area (Å²) >= 11 is 0. The van der Waals surface area contributed by atoms with Crippen LogP contribution >= 0.6 is 0 Å². The van der Waals surface area contributed by atoms with Crippen molar-refractivity contribution in [1.82, 2.24) is 5.43 Å². The van der Waals surface area contributed by atoms with E-state index in [0.717, 1.165) is 5.56 Å². The molecule has 0 saturated carbocycles. The van der Waals surface area contributed by atoms with Crippen molar-refractivity contribution in [3.05, 3.63) is 53.6 Å². The molecular formula is C20H24N2O4. The fourth-order valence-electron chi connectivity index (χ4n) is 2.26. The Balaban J connectivity index is 2.08. The minimum Gasteiger partial charge on any atom is -0.493 e. The number of benzene rings is 2. The summed E-state index contributed by atoms with van der Waals surface area (Å²) in [5.74, 6) is 1.46. The summed E-state index contributed by atoms with van der Waals surface area (Å²) in [5, 5.41) is 4.01. The molecule has 2 aromatic carbocycles. The van der Waals surface area contributed by atoms with Crippen molar-refractivity contribution in [3.63, 3.8) is 0 Å². The summed E-state index contributed by atoms with van der Waals surface area (Å²) in [7, 11) is 1.53. The van der Waals surface area contributed by atoms with E-state index in [1.165, 1.54) is 7.11 Å². The molecule has 2 rings (SSSR count). The molecule has 0 spiro atoms.